The van der Waals surface area contributed by atoms with E-state index in [0.29, 0.717) is 10.0 Å². The van der Waals surface area contributed by atoms with Gasteiger partial charge in [0.1, 0.15) is 10.9 Å². The van der Waals surface area contributed by atoms with Gasteiger partial charge < -0.3 is 5.32 Å². The molecule has 0 radical (unpaired) electrons. The lowest BCUT2D eigenvalue weighted by Gasteiger charge is -2.15. The number of anilines is 1. The summed E-state index contributed by atoms with van der Waals surface area (Å²) in [5, 5.41) is 13.3. The first-order valence-electron chi connectivity index (χ1n) is 6.08. The highest BCUT2D eigenvalue weighted by atomic mass is 35.5. The highest BCUT2D eigenvalue weighted by Crippen LogP contribution is 2.49. The van der Waals surface area contributed by atoms with E-state index in [9.17, 15) is 0 Å². The van der Waals surface area contributed by atoms with Crippen LogP contribution in [0.2, 0.25) is 5.15 Å². The summed E-state index contributed by atoms with van der Waals surface area (Å²) >= 11 is 7.20. The van der Waals surface area contributed by atoms with Gasteiger partial charge in [-0.2, -0.15) is 5.26 Å². The van der Waals surface area contributed by atoms with Crippen molar-refractivity contribution < 1.29 is 0 Å². The molecule has 0 aromatic carbocycles. The Kier molecular flexibility index (Phi) is 2.97. The largest absolute Gasteiger partial charge is 0.361 e. The molecule has 2 aliphatic carbocycles. The molecule has 0 bridgehead atoms. The Bertz CT molecular complexity index is 445. The average Bonchev–Trinajstić information content (AvgIpc) is 3.19. The Morgan fingerprint density at radius 3 is 2.53 bits per heavy atom. The van der Waals surface area contributed by atoms with E-state index in [-0.39, 0.29) is 0 Å². The Morgan fingerprint density at radius 1 is 1.41 bits per heavy atom. The van der Waals surface area contributed by atoms with Crippen LogP contribution in [-0.2, 0) is 0 Å². The summed E-state index contributed by atoms with van der Waals surface area (Å²) in [6.07, 6.45) is 5.58. The molecule has 3 rings (SSSR count). The highest BCUT2D eigenvalue weighted by molar-refractivity contribution is 7.16. The zero-order chi connectivity index (χ0) is 11.8. The van der Waals surface area contributed by atoms with Gasteiger partial charge in [0.15, 0.2) is 10.3 Å². The zero-order valence-corrected chi connectivity index (χ0v) is 11.0. The van der Waals surface area contributed by atoms with Crippen LogP contribution in [0.4, 0.5) is 5.13 Å². The SMILES string of the molecule is N#Cc1sc(NCC(C2CC2)C2CC2)nc1Cl. The third-order valence-electron chi connectivity index (χ3n) is 3.63. The third kappa shape index (κ3) is 2.56. The second kappa shape index (κ2) is 4.47. The molecule has 2 saturated carbocycles. The Morgan fingerprint density at radius 2 is 2.06 bits per heavy atom. The van der Waals surface area contributed by atoms with E-state index in [1.807, 2.05) is 0 Å². The topological polar surface area (TPSA) is 48.7 Å². The van der Waals surface area contributed by atoms with Crippen molar-refractivity contribution in [3.63, 3.8) is 0 Å². The van der Waals surface area contributed by atoms with Crippen LogP contribution in [0.3, 0.4) is 0 Å². The van der Waals surface area contributed by atoms with Gasteiger partial charge in [-0.05, 0) is 43.4 Å². The molecule has 2 aliphatic rings. The van der Waals surface area contributed by atoms with Gasteiger partial charge in [0.05, 0.1) is 0 Å². The van der Waals surface area contributed by atoms with E-state index in [4.69, 9.17) is 16.9 Å². The Hall–Kier alpha value is -0.790. The van der Waals surface area contributed by atoms with Gasteiger partial charge in [-0.15, -0.1) is 0 Å². The molecule has 1 heterocycles. The van der Waals surface area contributed by atoms with E-state index >= 15 is 0 Å². The molecule has 0 saturated heterocycles. The van der Waals surface area contributed by atoms with Gasteiger partial charge in [0.2, 0.25) is 0 Å². The standard InChI is InChI=1S/C12H14ClN3S/c13-11-10(5-14)17-12(16-11)15-6-9(7-1-2-7)8-3-4-8/h7-9H,1-4,6H2,(H,15,16). The molecular weight excluding hydrogens is 254 g/mol. The van der Waals surface area contributed by atoms with Crippen LogP contribution < -0.4 is 5.32 Å². The summed E-state index contributed by atoms with van der Waals surface area (Å²) in [6.45, 7) is 0.990. The smallest absolute Gasteiger partial charge is 0.185 e. The number of rotatable bonds is 5. The van der Waals surface area contributed by atoms with Crippen molar-refractivity contribution in [1.82, 2.24) is 4.98 Å². The minimum atomic E-state index is 0.328. The number of nitriles is 1. The summed E-state index contributed by atoms with van der Waals surface area (Å²) in [5.74, 6) is 2.67. The molecule has 90 valence electrons. The molecule has 0 unspecified atom stereocenters. The minimum absolute atomic E-state index is 0.328. The van der Waals surface area contributed by atoms with Gasteiger partial charge >= 0.3 is 0 Å². The second-order valence-corrected chi connectivity index (χ2v) is 6.33. The van der Waals surface area contributed by atoms with Gasteiger partial charge in [-0.1, -0.05) is 22.9 Å². The van der Waals surface area contributed by atoms with Crippen molar-refractivity contribution in [3.05, 3.63) is 10.0 Å². The Labute approximate surface area is 110 Å². The van der Waals surface area contributed by atoms with Crippen molar-refractivity contribution in [2.75, 3.05) is 11.9 Å². The first-order chi connectivity index (χ1) is 8.28. The molecular formula is C12H14ClN3S. The van der Waals surface area contributed by atoms with Crippen molar-refractivity contribution >= 4 is 28.1 Å². The maximum atomic E-state index is 8.81. The predicted molar refractivity (Wildman–Crippen MR) is 69.3 cm³/mol. The maximum Gasteiger partial charge on any atom is 0.185 e. The molecule has 5 heteroatoms. The first kappa shape index (κ1) is 11.3. The van der Waals surface area contributed by atoms with E-state index < -0.39 is 0 Å². The number of nitrogens with one attached hydrogen (secondary N) is 1. The van der Waals surface area contributed by atoms with Crippen LogP contribution in [0.15, 0.2) is 0 Å². The summed E-state index contributed by atoms with van der Waals surface area (Å²) in [6, 6.07) is 2.06. The molecule has 0 spiro atoms. The fourth-order valence-electron chi connectivity index (χ4n) is 2.42. The average molecular weight is 268 g/mol. The second-order valence-electron chi connectivity index (χ2n) is 4.97. The van der Waals surface area contributed by atoms with Crippen LogP contribution in [0.1, 0.15) is 30.6 Å². The van der Waals surface area contributed by atoms with Crippen LogP contribution in [0.5, 0.6) is 0 Å². The first-order valence-corrected chi connectivity index (χ1v) is 7.27. The summed E-state index contributed by atoms with van der Waals surface area (Å²) in [4.78, 5) is 4.67. The van der Waals surface area contributed by atoms with Gasteiger partial charge in [-0.3, -0.25) is 0 Å². The number of aromatic nitrogens is 1. The molecule has 0 atom stereocenters. The Balaban J connectivity index is 1.60. The number of hydrogen-bond donors (Lipinski definition) is 1. The summed E-state index contributed by atoms with van der Waals surface area (Å²) < 4.78 is 0. The summed E-state index contributed by atoms with van der Waals surface area (Å²) in [5.41, 5.74) is 0. The van der Waals surface area contributed by atoms with Crippen LogP contribution in [0.25, 0.3) is 0 Å². The van der Waals surface area contributed by atoms with E-state index in [0.717, 1.165) is 29.4 Å². The third-order valence-corrected chi connectivity index (χ3v) is 4.93. The van der Waals surface area contributed by atoms with Gasteiger partial charge in [0.25, 0.3) is 0 Å². The molecule has 1 N–H and O–H groups in total. The number of thiazole rings is 1. The number of hydrogen-bond acceptors (Lipinski definition) is 4. The molecule has 2 fully saturated rings. The van der Waals surface area contributed by atoms with Gasteiger partial charge in [-0.25, -0.2) is 4.98 Å². The summed E-state index contributed by atoms with van der Waals surface area (Å²) in [7, 11) is 0. The quantitative estimate of drug-likeness (QED) is 0.888. The fraction of sp³-hybridized carbons (Fsp3) is 0.667. The lowest BCUT2D eigenvalue weighted by Crippen LogP contribution is -2.18. The van der Waals surface area contributed by atoms with Crippen molar-refractivity contribution in [2.45, 2.75) is 25.7 Å². The highest BCUT2D eigenvalue weighted by Gasteiger charge is 2.41. The van der Waals surface area contributed by atoms with Crippen LogP contribution >= 0.6 is 22.9 Å². The van der Waals surface area contributed by atoms with E-state index in [1.54, 1.807) is 0 Å². The normalized spacial score (nSPS) is 19.4. The van der Waals surface area contributed by atoms with Crippen LogP contribution in [-0.4, -0.2) is 11.5 Å². The van der Waals surface area contributed by atoms with Crippen molar-refractivity contribution in [2.24, 2.45) is 17.8 Å². The molecule has 1 aromatic rings. The molecule has 1 aromatic heterocycles. The molecule has 3 nitrogen and oxygen atoms in total. The monoisotopic (exact) mass is 267 g/mol. The lowest BCUT2D eigenvalue weighted by molar-refractivity contribution is 0.428. The van der Waals surface area contributed by atoms with Gasteiger partial charge in [0, 0.05) is 6.54 Å². The molecule has 0 amide bonds. The minimum Gasteiger partial charge on any atom is -0.361 e. The van der Waals surface area contributed by atoms with Crippen LogP contribution in [0, 0.1) is 29.1 Å². The number of nitrogens with zero attached hydrogens (tertiary/aromatic N) is 2. The van der Waals surface area contributed by atoms with Crippen molar-refractivity contribution in [1.29, 1.82) is 5.26 Å². The van der Waals surface area contributed by atoms with E-state index in [2.05, 4.69) is 16.4 Å². The lowest BCUT2D eigenvalue weighted by atomic mass is 9.98. The molecule has 0 aliphatic heterocycles. The maximum absolute atomic E-state index is 8.81. The zero-order valence-electron chi connectivity index (χ0n) is 9.45. The predicted octanol–water partition coefficient (Wildman–Crippen LogP) is 3.52. The van der Waals surface area contributed by atoms with E-state index in [1.165, 1.54) is 37.0 Å². The fourth-order valence-corrected chi connectivity index (χ4v) is 3.37. The number of halogens is 1. The van der Waals surface area contributed by atoms with Crippen molar-refractivity contribution in [3.8, 4) is 6.07 Å². The molecule has 17 heavy (non-hydrogen) atoms.